The molecule has 1 atom stereocenters. The number of H-pyrrole nitrogens is 1. The summed E-state index contributed by atoms with van der Waals surface area (Å²) in [5, 5.41) is 12.1. The second-order valence-corrected chi connectivity index (χ2v) is 3.72. The Kier molecular flexibility index (Phi) is 3.09. The van der Waals surface area contributed by atoms with Crippen LogP contribution in [0.3, 0.4) is 0 Å². The summed E-state index contributed by atoms with van der Waals surface area (Å²) in [4.78, 5) is 18.8. The molecule has 3 N–H and O–H groups in total. The van der Waals surface area contributed by atoms with Crippen molar-refractivity contribution >= 4 is 5.91 Å². The summed E-state index contributed by atoms with van der Waals surface area (Å²) in [5.41, 5.74) is 0.420. The number of carbonyl (C=O) groups is 1. The number of phenolic OH excluding ortho intramolecular Hbond substituents is 1. The quantitative estimate of drug-likeness (QED) is 0.750. The van der Waals surface area contributed by atoms with E-state index in [2.05, 4.69) is 15.3 Å². The van der Waals surface area contributed by atoms with Crippen molar-refractivity contribution in [2.45, 2.75) is 13.0 Å². The van der Waals surface area contributed by atoms with Crippen LogP contribution in [-0.2, 0) is 0 Å². The van der Waals surface area contributed by atoms with Gasteiger partial charge in [0.25, 0.3) is 5.91 Å². The maximum Gasteiger partial charge on any atom is 0.251 e. The summed E-state index contributed by atoms with van der Waals surface area (Å²) in [5.74, 6) is 0.520. The van der Waals surface area contributed by atoms with Gasteiger partial charge >= 0.3 is 0 Å². The lowest BCUT2D eigenvalue weighted by Crippen LogP contribution is -2.27. The third-order valence-corrected chi connectivity index (χ3v) is 2.39. The third-order valence-electron chi connectivity index (χ3n) is 2.39. The first-order valence-electron chi connectivity index (χ1n) is 5.26. The summed E-state index contributed by atoms with van der Waals surface area (Å²) in [6.07, 6.45) is 3.33. The number of aromatic hydroxyl groups is 1. The van der Waals surface area contributed by atoms with Crippen molar-refractivity contribution in [3.8, 4) is 5.75 Å². The highest BCUT2D eigenvalue weighted by molar-refractivity contribution is 5.94. The Morgan fingerprint density at radius 3 is 3.00 bits per heavy atom. The number of phenols is 1. The molecule has 0 aliphatic rings. The Morgan fingerprint density at radius 2 is 2.35 bits per heavy atom. The molecule has 0 radical (unpaired) electrons. The van der Waals surface area contributed by atoms with Gasteiger partial charge in [-0.15, -0.1) is 0 Å². The molecule has 1 unspecified atom stereocenters. The number of benzene rings is 1. The molecule has 5 heteroatoms. The van der Waals surface area contributed by atoms with Gasteiger partial charge in [-0.3, -0.25) is 4.79 Å². The third kappa shape index (κ3) is 2.63. The first-order chi connectivity index (χ1) is 8.16. The van der Waals surface area contributed by atoms with Gasteiger partial charge in [-0.05, 0) is 25.1 Å². The molecule has 17 heavy (non-hydrogen) atoms. The van der Waals surface area contributed by atoms with Gasteiger partial charge in [0, 0.05) is 18.0 Å². The minimum atomic E-state index is -0.246. The predicted octanol–water partition coefficient (Wildman–Crippen LogP) is 1.61. The summed E-state index contributed by atoms with van der Waals surface area (Å²) in [6, 6.07) is 6.00. The van der Waals surface area contributed by atoms with Crippen LogP contribution >= 0.6 is 0 Å². The molecule has 0 saturated heterocycles. The van der Waals surface area contributed by atoms with Crippen molar-refractivity contribution in [3.05, 3.63) is 48.0 Å². The van der Waals surface area contributed by atoms with Crippen molar-refractivity contribution in [2.75, 3.05) is 0 Å². The molecule has 2 rings (SSSR count). The van der Waals surface area contributed by atoms with Crippen LogP contribution in [-0.4, -0.2) is 21.0 Å². The van der Waals surface area contributed by atoms with Crippen LogP contribution in [0.4, 0.5) is 0 Å². The monoisotopic (exact) mass is 231 g/mol. The number of hydrogen-bond donors (Lipinski definition) is 3. The van der Waals surface area contributed by atoms with E-state index in [0.717, 1.165) is 0 Å². The second-order valence-electron chi connectivity index (χ2n) is 3.72. The fourth-order valence-electron chi connectivity index (χ4n) is 1.51. The maximum absolute atomic E-state index is 11.8. The van der Waals surface area contributed by atoms with E-state index < -0.39 is 0 Å². The van der Waals surface area contributed by atoms with E-state index in [1.54, 1.807) is 24.5 Å². The van der Waals surface area contributed by atoms with Crippen molar-refractivity contribution in [2.24, 2.45) is 0 Å². The molecule has 1 aromatic carbocycles. The SMILES string of the molecule is CC(NC(=O)c1cccc(O)c1)c1ncc[nH]1. The minimum Gasteiger partial charge on any atom is -0.508 e. The Hall–Kier alpha value is -2.30. The molecule has 0 spiro atoms. The Bertz CT molecular complexity index is 508. The molecule has 1 aromatic heterocycles. The summed E-state index contributed by atoms with van der Waals surface area (Å²) < 4.78 is 0. The lowest BCUT2D eigenvalue weighted by atomic mass is 10.2. The maximum atomic E-state index is 11.8. The first-order valence-corrected chi connectivity index (χ1v) is 5.26. The van der Waals surface area contributed by atoms with Gasteiger partial charge in [0.1, 0.15) is 11.6 Å². The van der Waals surface area contributed by atoms with Crippen LogP contribution in [0.15, 0.2) is 36.7 Å². The van der Waals surface area contributed by atoms with Gasteiger partial charge in [-0.1, -0.05) is 6.07 Å². The standard InChI is InChI=1S/C12H13N3O2/c1-8(11-13-5-6-14-11)15-12(17)9-3-2-4-10(16)7-9/h2-8,16H,1H3,(H,13,14)(H,15,17). The highest BCUT2D eigenvalue weighted by atomic mass is 16.3. The molecule has 1 heterocycles. The summed E-state index contributed by atoms with van der Waals surface area (Å²) in [7, 11) is 0. The summed E-state index contributed by atoms with van der Waals surface area (Å²) >= 11 is 0. The van der Waals surface area contributed by atoms with Crippen LogP contribution in [0.5, 0.6) is 5.75 Å². The molecule has 1 amide bonds. The zero-order valence-corrected chi connectivity index (χ0v) is 9.34. The molecular formula is C12H13N3O2. The normalized spacial score (nSPS) is 12.1. The molecule has 0 fully saturated rings. The van der Waals surface area contributed by atoms with E-state index >= 15 is 0 Å². The zero-order chi connectivity index (χ0) is 12.3. The Balaban J connectivity index is 2.07. The number of aromatic nitrogens is 2. The smallest absolute Gasteiger partial charge is 0.251 e. The molecule has 0 bridgehead atoms. The second kappa shape index (κ2) is 4.69. The van der Waals surface area contributed by atoms with Crippen molar-refractivity contribution < 1.29 is 9.90 Å². The van der Waals surface area contributed by atoms with E-state index in [4.69, 9.17) is 0 Å². The number of hydrogen-bond acceptors (Lipinski definition) is 3. The lowest BCUT2D eigenvalue weighted by molar-refractivity contribution is 0.0938. The highest BCUT2D eigenvalue weighted by Gasteiger charge is 2.12. The van der Waals surface area contributed by atoms with E-state index in [9.17, 15) is 9.90 Å². The molecule has 2 aromatic rings. The topological polar surface area (TPSA) is 78.0 Å². The van der Waals surface area contributed by atoms with E-state index in [1.165, 1.54) is 12.1 Å². The van der Waals surface area contributed by atoms with Crippen LogP contribution in [0.2, 0.25) is 0 Å². The first kappa shape index (κ1) is 11.2. The van der Waals surface area contributed by atoms with Crippen LogP contribution in [0, 0.1) is 0 Å². The highest BCUT2D eigenvalue weighted by Crippen LogP contribution is 2.12. The molecule has 5 nitrogen and oxygen atoms in total. The van der Waals surface area contributed by atoms with E-state index in [0.29, 0.717) is 11.4 Å². The molecular weight excluding hydrogens is 218 g/mol. The van der Waals surface area contributed by atoms with Gasteiger partial charge < -0.3 is 15.4 Å². The largest absolute Gasteiger partial charge is 0.508 e. The predicted molar refractivity (Wildman–Crippen MR) is 62.6 cm³/mol. The number of nitrogens with one attached hydrogen (secondary N) is 2. The number of carbonyl (C=O) groups excluding carboxylic acids is 1. The number of amides is 1. The Morgan fingerprint density at radius 1 is 1.53 bits per heavy atom. The average Bonchev–Trinajstić information content (AvgIpc) is 2.82. The Labute approximate surface area is 98.5 Å². The van der Waals surface area contributed by atoms with E-state index in [-0.39, 0.29) is 17.7 Å². The number of rotatable bonds is 3. The van der Waals surface area contributed by atoms with Crippen LogP contribution in [0.25, 0.3) is 0 Å². The number of nitrogens with zero attached hydrogens (tertiary/aromatic N) is 1. The fourth-order valence-corrected chi connectivity index (χ4v) is 1.51. The van der Waals surface area contributed by atoms with E-state index in [1.807, 2.05) is 6.92 Å². The van der Waals surface area contributed by atoms with Crippen molar-refractivity contribution in [3.63, 3.8) is 0 Å². The van der Waals surface area contributed by atoms with Crippen molar-refractivity contribution in [1.82, 2.24) is 15.3 Å². The fraction of sp³-hybridized carbons (Fsp3) is 0.167. The van der Waals surface area contributed by atoms with Gasteiger partial charge in [0.2, 0.25) is 0 Å². The van der Waals surface area contributed by atoms with Crippen LogP contribution in [0.1, 0.15) is 29.1 Å². The number of imidazole rings is 1. The summed E-state index contributed by atoms with van der Waals surface area (Å²) in [6.45, 7) is 1.83. The molecule has 0 aliphatic heterocycles. The van der Waals surface area contributed by atoms with Gasteiger partial charge in [-0.25, -0.2) is 4.98 Å². The molecule has 0 aliphatic carbocycles. The molecule has 88 valence electrons. The van der Waals surface area contributed by atoms with Crippen molar-refractivity contribution in [1.29, 1.82) is 0 Å². The van der Waals surface area contributed by atoms with Gasteiger partial charge in [0.05, 0.1) is 6.04 Å². The van der Waals surface area contributed by atoms with Gasteiger partial charge in [-0.2, -0.15) is 0 Å². The lowest BCUT2D eigenvalue weighted by Gasteiger charge is -2.11. The minimum absolute atomic E-state index is 0.0725. The van der Waals surface area contributed by atoms with Gasteiger partial charge in [0.15, 0.2) is 0 Å². The molecule has 0 saturated carbocycles. The average molecular weight is 231 g/mol. The zero-order valence-electron chi connectivity index (χ0n) is 9.34. The van der Waals surface area contributed by atoms with Crippen LogP contribution < -0.4 is 5.32 Å². The number of aromatic amines is 1.